The Balaban J connectivity index is 0.960. The number of aromatic hydroxyl groups is 1. The number of esters is 2. The summed E-state index contributed by atoms with van der Waals surface area (Å²) in [6, 6.07) is 31.6. The largest absolute Gasteiger partial charge is 0.508 e. The predicted molar refractivity (Wildman–Crippen MR) is 363 cm³/mol. The molecule has 13 heteroatoms. The van der Waals surface area contributed by atoms with Crippen LogP contribution in [0.25, 0.3) is 16.7 Å². The average molecular weight is 1260 g/mol. The zero-order valence-electron chi connectivity index (χ0n) is 55.1. The quantitative estimate of drug-likeness (QED) is 0.0370. The second-order valence-corrected chi connectivity index (χ2v) is 30.2. The molecular weight excluding hydrogens is 1160 g/mol. The van der Waals surface area contributed by atoms with Crippen molar-refractivity contribution in [3.8, 4) is 28.7 Å². The Morgan fingerprint density at radius 1 is 0.817 bits per heavy atom. The molecule has 93 heavy (non-hydrogen) atoms. The van der Waals surface area contributed by atoms with Crippen LogP contribution in [0.15, 0.2) is 131 Å². The summed E-state index contributed by atoms with van der Waals surface area (Å²) < 4.78 is 13.6. The molecule has 4 aromatic rings. The summed E-state index contributed by atoms with van der Waals surface area (Å²) in [6.07, 6.45) is 20.3. The molecule has 5 fully saturated rings. The van der Waals surface area contributed by atoms with Gasteiger partial charge < -0.3 is 56.5 Å². The van der Waals surface area contributed by atoms with Gasteiger partial charge in [-0.1, -0.05) is 111 Å². The van der Waals surface area contributed by atoms with Gasteiger partial charge in [0.1, 0.15) is 17.3 Å². The third kappa shape index (κ3) is 12.5. The topological polar surface area (TPSA) is 194 Å². The van der Waals surface area contributed by atoms with Crippen molar-refractivity contribution in [2.45, 2.75) is 179 Å². The van der Waals surface area contributed by atoms with Crippen molar-refractivity contribution in [3.63, 3.8) is 0 Å². The van der Waals surface area contributed by atoms with Crippen molar-refractivity contribution < 1.29 is 39.5 Å². The van der Waals surface area contributed by atoms with E-state index in [4.69, 9.17) is 9.47 Å². The van der Waals surface area contributed by atoms with Crippen molar-refractivity contribution in [3.05, 3.63) is 165 Å². The summed E-state index contributed by atoms with van der Waals surface area (Å²) in [4.78, 5) is 31.1. The minimum absolute atomic E-state index is 0.0434. The maximum Gasteiger partial charge on any atom is 0.340 e. The lowest BCUT2D eigenvalue weighted by molar-refractivity contribution is -0.135. The Morgan fingerprint density at radius 2 is 1.68 bits per heavy atom. The van der Waals surface area contributed by atoms with Crippen molar-refractivity contribution in [1.29, 1.82) is 0 Å². The predicted octanol–water partition coefficient (Wildman–Crippen LogP) is 12.0. The molecule has 12 aliphatic rings. The number of fused-ring (bicyclic) bond motifs is 5. The number of β-amino-alcohol motifs (C(OH)–C–C–N with tert-alkyl or cyclic N) is 1. The number of ether oxygens (including phenoxy) is 2. The molecule has 6 aliphatic carbocycles. The fraction of sp³-hybridized carbons (Fsp3) is 0.550. The second kappa shape index (κ2) is 26.8. The molecule has 0 amide bonds. The minimum Gasteiger partial charge on any atom is -0.508 e. The molecule has 0 radical (unpaired) electrons. The lowest BCUT2D eigenvalue weighted by Gasteiger charge is -2.56. The molecule has 1 spiro atoms. The summed E-state index contributed by atoms with van der Waals surface area (Å²) in [6.45, 7) is 8.33. The van der Waals surface area contributed by atoms with Crippen LogP contribution in [0.5, 0.6) is 5.75 Å². The molecule has 14 bridgehead atoms. The molecule has 6 aliphatic heterocycles. The number of aliphatic hydroxyl groups excluding tert-OH is 1. The van der Waals surface area contributed by atoms with E-state index in [9.17, 15) is 20.4 Å². The van der Waals surface area contributed by atoms with Crippen LogP contribution in [0.4, 0.5) is 0 Å². The number of rotatable bonds is 12. The molecule has 492 valence electrons. The third-order valence-corrected chi connectivity index (χ3v) is 24.2. The number of allylic oxidation sites excluding steroid dienone is 5. The molecular formula is C80H99N5O8. The van der Waals surface area contributed by atoms with Gasteiger partial charge in [0.15, 0.2) is 0 Å². The van der Waals surface area contributed by atoms with Gasteiger partial charge in [-0.25, -0.2) is 9.59 Å². The average Bonchev–Trinajstić information content (AvgIpc) is 1.60. The second-order valence-electron chi connectivity index (χ2n) is 30.2. The van der Waals surface area contributed by atoms with Crippen LogP contribution in [0.3, 0.4) is 0 Å². The number of cyclic esters (lactones) is 1. The highest BCUT2D eigenvalue weighted by atomic mass is 16.6. The number of piperidine rings is 1. The van der Waals surface area contributed by atoms with Gasteiger partial charge in [0, 0.05) is 61.7 Å². The normalized spacial score (nSPS) is 33.7. The van der Waals surface area contributed by atoms with Gasteiger partial charge in [-0.05, 0) is 258 Å². The molecule has 3 saturated carbocycles. The summed E-state index contributed by atoms with van der Waals surface area (Å²) in [5, 5.41) is 66.8. The minimum atomic E-state index is -1.13. The van der Waals surface area contributed by atoms with Gasteiger partial charge >= 0.3 is 11.9 Å². The van der Waals surface area contributed by atoms with Crippen molar-refractivity contribution in [2.75, 3.05) is 39.8 Å². The molecule has 6 heterocycles. The van der Waals surface area contributed by atoms with E-state index >= 15 is 9.59 Å². The number of carbonyl (C=O) groups excluding carboxylic acids is 2. The number of phenolic OH excluding ortho intramolecular Hbond substituents is 1. The summed E-state index contributed by atoms with van der Waals surface area (Å²) in [5.41, 5.74) is 8.50. The SMILES string of the molecule is CCCNCc1cc2cc(c1)[C@H]1NC[C@@](C)(O)CC#C[C@@H](C3(O)CCCCC3)C[C@H]3C[C@@]([C@@H]4CCN[C@@H](NC)C4)(C/C=C4\OC(=O)C5=C4CC[C@H]4[C@H]6CC[C@]7(C(=C6c6cc(O)ccc6-c6cccc(c6)CNCC2)C(=O)O/C7=C\[C@H](CCO)Cc2ccccc2)[C@@H]54)C[C@H]31. The zero-order valence-corrected chi connectivity index (χ0v) is 55.1. The van der Waals surface area contributed by atoms with Crippen LogP contribution < -0.4 is 26.6 Å². The first-order valence-corrected chi connectivity index (χ1v) is 35.7. The van der Waals surface area contributed by atoms with E-state index in [1.807, 2.05) is 37.3 Å². The molecule has 13 nitrogen and oxygen atoms in total. The van der Waals surface area contributed by atoms with E-state index in [-0.39, 0.29) is 71.5 Å². The standard InChI is InChI=1S/C80H99N5O8/c1-4-32-82-48-54-37-51-24-33-83-47-53-15-11-16-55(39-53)61-19-18-60(87)44-65(61)70-62-22-31-80(68(93-76(89)73(70)80)41-52(26-35-86)36-50-13-7-5-8-14-50)72-63(62)20-21-64-67(92-75(88)71(64)72)23-30-78(58-25-34-84-69(43-58)81-3)45-57-42-59(79(91)28-9-6-10-29-79)17-12-27-77(2,90)49-85-74(66(57)46-78)56(38-51)40-54/h5,7-8,11,13-16,18-19,23,37-41,44,52,57-59,62-63,66,69,72,74,81-87,90-91H,4,6,9-10,20-22,24-36,42-43,45-49H2,1-3H3/b67-23-,68-41-/t52-,57+,58-,59-,62-,63+,66-,69-,72-,74-,77+,78+,80-/m1/s1. The number of nitrogens with one attached hydrogen (secondary N) is 5. The van der Waals surface area contributed by atoms with E-state index in [1.165, 1.54) is 16.7 Å². The smallest absolute Gasteiger partial charge is 0.340 e. The maximum atomic E-state index is 15.6. The Morgan fingerprint density at radius 3 is 2.51 bits per heavy atom. The van der Waals surface area contributed by atoms with Gasteiger partial charge in [-0.15, -0.1) is 0 Å². The lowest BCUT2D eigenvalue weighted by Crippen LogP contribution is -2.52. The fourth-order valence-electron chi connectivity index (χ4n) is 19.9. The van der Waals surface area contributed by atoms with Crippen LogP contribution in [0.2, 0.25) is 0 Å². The van der Waals surface area contributed by atoms with Crippen molar-refractivity contribution >= 4 is 17.5 Å². The molecule has 2 saturated heterocycles. The van der Waals surface area contributed by atoms with E-state index in [0.717, 1.165) is 155 Å². The maximum absolute atomic E-state index is 15.6. The molecule has 0 unspecified atom stereocenters. The monoisotopic (exact) mass is 1260 g/mol. The summed E-state index contributed by atoms with van der Waals surface area (Å²) >= 11 is 0. The number of hydrogen-bond donors (Lipinski definition) is 9. The van der Waals surface area contributed by atoms with E-state index in [0.29, 0.717) is 80.2 Å². The van der Waals surface area contributed by atoms with Crippen LogP contribution in [-0.2, 0) is 45.0 Å². The first-order valence-electron chi connectivity index (χ1n) is 35.7. The van der Waals surface area contributed by atoms with Gasteiger partial charge in [0.05, 0.1) is 28.4 Å². The lowest BCUT2D eigenvalue weighted by atomic mass is 9.44. The first-order chi connectivity index (χ1) is 45.2. The number of carbonyl (C=O) groups is 2. The molecule has 0 aromatic heterocycles. The Kier molecular flexibility index (Phi) is 18.5. The fourth-order valence-corrected chi connectivity index (χ4v) is 19.9. The molecule has 13 atom stereocenters. The van der Waals surface area contributed by atoms with Crippen molar-refractivity contribution in [1.82, 2.24) is 26.6 Å². The highest BCUT2D eigenvalue weighted by Crippen LogP contribution is 2.72. The van der Waals surface area contributed by atoms with Crippen LogP contribution in [0.1, 0.15) is 169 Å². The molecule has 16 rings (SSSR count). The van der Waals surface area contributed by atoms with E-state index < -0.39 is 28.5 Å². The van der Waals surface area contributed by atoms with Crippen LogP contribution >= 0.6 is 0 Å². The highest BCUT2D eigenvalue weighted by Gasteiger charge is 2.69. The number of phenols is 1. The van der Waals surface area contributed by atoms with Gasteiger partial charge in [0.2, 0.25) is 0 Å². The number of aliphatic hydroxyl groups is 3. The van der Waals surface area contributed by atoms with E-state index in [2.05, 4.69) is 119 Å². The summed E-state index contributed by atoms with van der Waals surface area (Å²) in [5.74, 6) is 7.36. The van der Waals surface area contributed by atoms with Gasteiger partial charge in [-0.3, -0.25) is 0 Å². The Bertz CT molecular complexity index is 3660. The van der Waals surface area contributed by atoms with Gasteiger partial charge in [0.25, 0.3) is 0 Å². The number of benzene rings is 4. The highest BCUT2D eigenvalue weighted by molar-refractivity contribution is 6.07. The molecule has 4 aromatic carbocycles. The molecule has 9 N–H and O–H groups in total. The first kappa shape index (κ1) is 64.2. The Hall–Kier alpha value is -6.18. The Labute approximate surface area is 551 Å². The zero-order chi connectivity index (χ0) is 64.1. The van der Waals surface area contributed by atoms with E-state index in [1.54, 1.807) is 6.07 Å². The van der Waals surface area contributed by atoms with Gasteiger partial charge in [-0.2, -0.15) is 0 Å². The van der Waals surface area contributed by atoms with Crippen LogP contribution in [-0.4, -0.2) is 89.6 Å². The van der Waals surface area contributed by atoms with Crippen LogP contribution in [0, 0.1) is 70.0 Å². The van der Waals surface area contributed by atoms with Crippen molar-refractivity contribution in [2.24, 2.45) is 58.2 Å². The summed E-state index contributed by atoms with van der Waals surface area (Å²) in [7, 11) is 2.05. The third-order valence-electron chi connectivity index (χ3n) is 24.2. The number of hydrogen-bond acceptors (Lipinski definition) is 13.